The number of aliphatic hydroxyl groups excluding tert-OH is 11. The molecule has 0 radical (unpaired) electrons. The van der Waals surface area contributed by atoms with Gasteiger partial charge in [-0.15, -0.1) is 0 Å². The fourth-order valence-electron chi connectivity index (χ4n) is 14.6. The quantitative estimate of drug-likeness (QED) is 0.0946. The van der Waals surface area contributed by atoms with E-state index in [1.54, 1.807) is 0 Å². The van der Waals surface area contributed by atoms with Crippen molar-refractivity contribution in [3.8, 4) is 0 Å². The van der Waals surface area contributed by atoms with Gasteiger partial charge in [-0.05, 0) is 124 Å². The van der Waals surface area contributed by atoms with Gasteiger partial charge in [0.1, 0.15) is 67.1 Å². The third-order valence-electron chi connectivity index (χ3n) is 18.4. The summed E-state index contributed by atoms with van der Waals surface area (Å²) in [5.41, 5.74) is -0.990. The molecule has 370 valence electrons. The maximum absolute atomic E-state index is 12.6. The number of rotatable bonds is 12. The van der Waals surface area contributed by atoms with Crippen molar-refractivity contribution in [2.45, 2.75) is 217 Å². The van der Waals surface area contributed by atoms with Gasteiger partial charge in [0.15, 0.2) is 18.9 Å². The topological polar surface area (TPSA) is 278 Å². The zero-order valence-electron chi connectivity index (χ0n) is 39.0. The van der Waals surface area contributed by atoms with E-state index in [0.29, 0.717) is 25.7 Å². The van der Waals surface area contributed by atoms with Crippen molar-refractivity contribution in [2.75, 3.05) is 19.8 Å². The Morgan fingerprint density at radius 2 is 1.27 bits per heavy atom. The molecule has 17 nitrogen and oxygen atoms in total. The number of ether oxygens (including phenoxy) is 6. The van der Waals surface area contributed by atoms with Crippen molar-refractivity contribution >= 4 is 0 Å². The molecule has 4 aliphatic carbocycles. The molecule has 0 aromatic rings. The molecule has 64 heavy (non-hydrogen) atoms. The minimum atomic E-state index is -1.67. The molecule has 24 atom stereocenters. The molecule has 0 amide bonds. The molecule has 7 rings (SSSR count). The Hall–Kier alpha value is -0.940. The molecule has 3 heterocycles. The standard InChI is InChI=1S/C47H80O17/c1-22(2)10-9-14-47(8,64-41-38(58)35(55)33(53)26(19-48)60-41)23-11-16-46(7)31(23)24(50)18-29-44(5)15-13-30(43(3,4)28(44)12-17-45(29,46)6)62-42-39(36(56)34(54)27(20-49)61-42)63-40-37(57)32(52)25(51)21-59-40/h10,23-42,48-58H,9,11-21H2,1-8H3. The van der Waals surface area contributed by atoms with Crippen LogP contribution in [0, 0.1) is 45.3 Å². The normalized spacial score (nSPS) is 52.5. The molecule has 11 N–H and O–H groups in total. The second-order valence-electron chi connectivity index (χ2n) is 22.4. The van der Waals surface area contributed by atoms with Crippen LogP contribution >= 0.6 is 0 Å². The van der Waals surface area contributed by atoms with Crippen LogP contribution in [-0.4, -0.2) is 180 Å². The fourth-order valence-corrected chi connectivity index (χ4v) is 14.6. The highest BCUT2D eigenvalue weighted by Gasteiger charge is 2.72. The van der Waals surface area contributed by atoms with E-state index < -0.39 is 122 Å². The highest BCUT2D eigenvalue weighted by molar-refractivity contribution is 5.20. The first-order valence-corrected chi connectivity index (χ1v) is 23.8. The van der Waals surface area contributed by atoms with Crippen LogP contribution in [0.1, 0.15) is 113 Å². The highest BCUT2D eigenvalue weighted by Crippen LogP contribution is 2.76. The molecule has 7 aliphatic rings. The number of aliphatic hydroxyl groups is 11. The first-order chi connectivity index (χ1) is 29.9. The molecular formula is C47H80O17. The summed E-state index contributed by atoms with van der Waals surface area (Å²) >= 11 is 0. The first-order valence-electron chi connectivity index (χ1n) is 23.8. The van der Waals surface area contributed by atoms with Gasteiger partial charge in [-0.3, -0.25) is 0 Å². The monoisotopic (exact) mass is 917 g/mol. The molecule has 0 aromatic heterocycles. The molecular weight excluding hydrogens is 837 g/mol. The second kappa shape index (κ2) is 18.8. The van der Waals surface area contributed by atoms with Crippen molar-refractivity contribution in [1.29, 1.82) is 0 Å². The molecule has 0 spiro atoms. The minimum absolute atomic E-state index is 0.123. The average Bonchev–Trinajstić information content (AvgIpc) is 3.62. The largest absolute Gasteiger partial charge is 0.394 e. The Morgan fingerprint density at radius 1 is 0.656 bits per heavy atom. The summed E-state index contributed by atoms with van der Waals surface area (Å²) in [4.78, 5) is 0. The Kier molecular flexibility index (Phi) is 14.9. The van der Waals surface area contributed by atoms with Crippen LogP contribution in [0.25, 0.3) is 0 Å². The van der Waals surface area contributed by atoms with Crippen molar-refractivity contribution in [3.05, 3.63) is 11.6 Å². The average molecular weight is 917 g/mol. The van der Waals surface area contributed by atoms with Crippen LogP contribution in [0.15, 0.2) is 11.6 Å². The lowest BCUT2D eigenvalue weighted by Gasteiger charge is -2.71. The smallest absolute Gasteiger partial charge is 0.187 e. The number of allylic oxidation sites excluding steroid dienone is 2. The lowest BCUT2D eigenvalue weighted by atomic mass is 9.35. The maximum atomic E-state index is 12.6. The Morgan fingerprint density at radius 3 is 1.91 bits per heavy atom. The van der Waals surface area contributed by atoms with E-state index in [4.69, 9.17) is 28.4 Å². The second-order valence-corrected chi connectivity index (χ2v) is 22.4. The molecule has 7 fully saturated rings. The summed E-state index contributed by atoms with van der Waals surface area (Å²) in [6.45, 7) is 16.0. The Labute approximate surface area is 377 Å². The van der Waals surface area contributed by atoms with Crippen molar-refractivity contribution in [1.82, 2.24) is 0 Å². The highest BCUT2D eigenvalue weighted by atomic mass is 16.8. The summed E-state index contributed by atoms with van der Waals surface area (Å²) < 4.78 is 37.1. The van der Waals surface area contributed by atoms with Crippen molar-refractivity contribution in [3.63, 3.8) is 0 Å². The molecule has 0 bridgehead atoms. The van der Waals surface area contributed by atoms with E-state index in [-0.39, 0.29) is 46.5 Å². The van der Waals surface area contributed by atoms with Gasteiger partial charge in [-0.2, -0.15) is 0 Å². The minimum Gasteiger partial charge on any atom is -0.394 e. The lowest BCUT2D eigenvalue weighted by Crippen LogP contribution is -2.68. The fraction of sp³-hybridized carbons (Fsp3) is 0.957. The maximum Gasteiger partial charge on any atom is 0.187 e. The number of fused-ring (bicyclic) bond motifs is 5. The zero-order chi connectivity index (χ0) is 47.1. The van der Waals surface area contributed by atoms with Crippen LogP contribution in [0.3, 0.4) is 0 Å². The molecule has 17 heteroatoms. The van der Waals surface area contributed by atoms with Crippen LogP contribution in [0.4, 0.5) is 0 Å². The third kappa shape index (κ3) is 8.49. The van der Waals surface area contributed by atoms with Crippen molar-refractivity contribution < 1.29 is 84.6 Å². The predicted octanol–water partition coefficient (Wildman–Crippen LogP) is 0.612. The predicted molar refractivity (Wildman–Crippen MR) is 228 cm³/mol. The van der Waals surface area contributed by atoms with E-state index in [1.165, 1.54) is 0 Å². The van der Waals surface area contributed by atoms with Crippen LogP contribution in [0.2, 0.25) is 0 Å². The van der Waals surface area contributed by atoms with Gasteiger partial charge in [0.2, 0.25) is 0 Å². The van der Waals surface area contributed by atoms with Crippen LogP contribution in [-0.2, 0) is 28.4 Å². The molecule has 3 saturated heterocycles. The number of hydrogen-bond acceptors (Lipinski definition) is 17. The lowest BCUT2D eigenvalue weighted by molar-refractivity contribution is -0.371. The summed E-state index contributed by atoms with van der Waals surface area (Å²) in [5, 5.41) is 118. The molecule has 24 unspecified atom stereocenters. The Balaban J connectivity index is 1.13. The van der Waals surface area contributed by atoms with Crippen LogP contribution in [0.5, 0.6) is 0 Å². The van der Waals surface area contributed by atoms with Gasteiger partial charge in [0, 0.05) is 0 Å². The van der Waals surface area contributed by atoms with Gasteiger partial charge < -0.3 is 84.6 Å². The van der Waals surface area contributed by atoms with Gasteiger partial charge in [0.05, 0.1) is 37.6 Å². The molecule has 3 aliphatic heterocycles. The van der Waals surface area contributed by atoms with Crippen molar-refractivity contribution in [2.24, 2.45) is 45.3 Å². The number of hydrogen-bond donors (Lipinski definition) is 11. The van der Waals surface area contributed by atoms with Gasteiger partial charge in [-0.25, -0.2) is 0 Å². The van der Waals surface area contributed by atoms with E-state index in [9.17, 15) is 56.2 Å². The summed E-state index contributed by atoms with van der Waals surface area (Å²) in [7, 11) is 0. The third-order valence-corrected chi connectivity index (χ3v) is 18.4. The SMILES string of the molecule is CC(C)=CCCC(C)(OC1OC(CO)C(O)C(O)C1O)C1CCC2(C)C1C(O)CC1C3(C)CCC(OC4OC(CO)C(O)C(O)C4OC4OCC(O)C(O)C4O)C(C)(C)C3CCC12C. The zero-order valence-corrected chi connectivity index (χ0v) is 39.0. The summed E-state index contributed by atoms with van der Waals surface area (Å²) in [6.07, 6.45) is -12.7. The van der Waals surface area contributed by atoms with E-state index in [2.05, 4.69) is 40.7 Å². The molecule has 0 aromatic carbocycles. The first kappa shape index (κ1) is 50.9. The van der Waals surface area contributed by atoms with Gasteiger partial charge >= 0.3 is 0 Å². The van der Waals surface area contributed by atoms with Gasteiger partial charge in [-0.1, -0.05) is 46.3 Å². The van der Waals surface area contributed by atoms with Gasteiger partial charge in [0.25, 0.3) is 0 Å². The van der Waals surface area contributed by atoms with E-state index in [1.807, 2.05) is 20.8 Å². The molecule has 4 saturated carbocycles. The summed E-state index contributed by atoms with van der Waals surface area (Å²) in [6, 6.07) is 0. The van der Waals surface area contributed by atoms with E-state index >= 15 is 0 Å². The van der Waals surface area contributed by atoms with Crippen LogP contribution < -0.4 is 0 Å². The summed E-state index contributed by atoms with van der Waals surface area (Å²) in [5.74, 6) is -0.0647. The van der Waals surface area contributed by atoms with E-state index in [0.717, 1.165) is 37.7 Å². The Bertz CT molecular complexity index is 1630.